The molecule has 0 aliphatic rings. The van der Waals surface area contributed by atoms with Crippen LogP contribution in [0.5, 0.6) is 0 Å². The van der Waals surface area contributed by atoms with Crippen molar-refractivity contribution in [1.29, 1.82) is 5.41 Å². The van der Waals surface area contributed by atoms with E-state index >= 15 is 0 Å². The van der Waals surface area contributed by atoms with Crippen LogP contribution in [-0.2, 0) is 18.3 Å². The van der Waals surface area contributed by atoms with E-state index in [2.05, 4.69) is 4.98 Å². The van der Waals surface area contributed by atoms with E-state index in [9.17, 15) is 19.5 Å². The van der Waals surface area contributed by atoms with Gasteiger partial charge in [-0.1, -0.05) is 24.3 Å². The van der Waals surface area contributed by atoms with Gasteiger partial charge in [0, 0.05) is 65.3 Å². The molecule has 0 bridgehead atoms. The fraction of sp³-hybridized carbons (Fsp3) is 0.115. The molecular weight excluding hydrogens is 517 g/mol. The first-order valence-corrected chi connectivity index (χ1v) is 10.7. The largest absolute Gasteiger partial charge is 0.480 e. The number of halogens is 2. The molecule has 0 fully saturated rings. The zero-order valence-electron chi connectivity index (χ0n) is 19.7. The number of pyridine rings is 1. The van der Waals surface area contributed by atoms with Crippen molar-refractivity contribution in [2.24, 2.45) is 12.8 Å². The average Bonchev–Trinajstić information content (AvgIpc) is 3.18. The summed E-state index contributed by atoms with van der Waals surface area (Å²) in [6.45, 7) is -0.536. The van der Waals surface area contributed by atoms with Crippen LogP contribution in [0.3, 0.4) is 0 Å². The number of anilines is 1. The van der Waals surface area contributed by atoms with Gasteiger partial charge >= 0.3 is 5.97 Å². The number of amidine groups is 1. The lowest BCUT2D eigenvalue weighted by atomic mass is 10.0. The third kappa shape index (κ3) is 6.32. The minimum atomic E-state index is -1.16. The minimum Gasteiger partial charge on any atom is -0.480 e. The summed E-state index contributed by atoms with van der Waals surface area (Å²) in [4.78, 5) is 42.9. The number of carbonyl (C=O) groups excluding carboxylic acids is 2. The molecule has 4 rings (SSSR count). The number of nitrogens with two attached hydrogens (primary N) is 1. The maximum atomic E-state index is 13.2. The smallest absolute Gasteiger partial charge is 0.323 e. The third-order valence-electron chi connectivity index (χ3n) is 5.68. The number of rotatable bonds is 8. The molecule has 192 valence electrons. The first-order valence-electron chi connectivity index (χ1n) is 10.7. The maximum absolute atomic E-state index is 13.2. The molecule has 0 aliphatic heterocycles. The molecular formula is C26H25Cl2N5O4. The average molecular weight is 542 g/mol. The fourth-order valence-corrected chi connectivity index (χ4v) is 3.92. The summed E-state index contributed by atoms with van der Waals surface area (Å²) in [6.07, 6.45) is 4.79. The Bertz CT molecular complexity index is 1450. The Labute approximate surface area is 225 Å². The zero-order chi connectivity index (χ0) is 25.1. The van der Waals surface area contributed by atoms with Gasteiger partial charge in [-0.05, 0) is 35.9 Å². The number of aromatic nitrogens is 2. The van der Waals surface area contributed by atoms with Gasteiger partial charge in [0.15, 0.2) is 5.78 Å². The van der Waals surface area contributed by atoms with Crippen molar-refractivity contribution in [2.75, 3.05) is 11.4 Å². The van der Waals surface area contributed by atoms with E-state index in [4.69, 9.17) is 11.1 Å². The number of nitrogens with one attached hydrogen (secondary N) is 1. The van der Waals surface area contributed by atoms with E-state index in [0.717, 1.165) is 11.1 Å². The van der Waals surface area contributed by atoms with Gasteiger partial charge in [0.2, 0.25) is 0 Å². The van der Waals surface area contributed by atoms with Crippen molar-refractivity contribution in [3.05, 3.63) is 95.4 Å². The lowest BCUT2D eigenvalue weighted by molar-refractivity contribution is -0.135. The van der Waals surface area contributed by atoms with Crippen molar-refractivity contribution in [1.82, 2.24) is 9.55 Å². The number of nitrogens with zero attached hydrogens (tertiary/aromatic N) is 3. The predicted octanol–water partition coefficient (Wildman–Crippen LogP) is 3.86. The van der Waals surface area contributed by atoms with Crippen LogP contribution < -0.4 is 10.6 Å². The molecule has 0 unspecified atom stereocenters. The molecule has 0 saturated heterocycles. The van der Waals surface area contributed by atoms with Gasteiger partial charge in [-0.25, -0.2) is 0 Å². The monoisotopic (exact) mass is 541 g/mol. The van der Waals surface area contributed by atoms with Crippen LogP contribution in [0.1, 0.15) is 31.8 Å². The summed E-state index contributed by atoms with van der Waals surface area (Å²) in [6, 6.07) is 15.0. The fourth-order valence-electron chi connectivity index (χ4n) is 3.92. The molecule has 0 aliphatic carbocycles. The van der Waals surface area contributed by atoms with Gasteiger partial charge in [0.05, 0.1) is 0 Å². The van der Waals surface area contributed by atoms with Crippen molar-refractivity contribution < 1.29 is 19.5 Å². The molecule has 4 aromatic rings. The number of carbonyl (C=O) groups is 3. The lowest BCUT2D eigenvalue weighted by Gasteiger charge is -2.21. The topological polar surface area (TPSA) is 142 Å². The quantitative estimate of drug-likeness (QED) is 0.175. The molecule has 1 amide bonds. The number of hydrogen-bond donors (Lipinski definition) is 3. The van der Waals surface area contributed by atoms with Crippen LogP contribution in [-0.4, -0.2) is 44.7 Å². The Balaban J connectivity index is 0.00000241. The number of hydrogen-bond acceptors (Lipinski definition) is 5. The molecule has 0 radical (unpaired) electrons. The number of nitrogen functional groups attached to an aromatic ring is 1. The number of aryl methyl sites for hydroxylation is 1. The number of aliphatic carboxylic acids is 1. The van der Waals surface area contributed by atoms with E-state index in [-0.39, 0.29) is 42.9 Å². The number of carboxylic acids is 1. The molecule has 2 aromatic carbocycles. The van der Waals surface area contributed by atoms with Gasteiger partial charge in [0.25, 0.3) is 5.91 Å². The van der Waals surface area contributed by atoms with Crippen molar-refractivity contribution in [2.45, 2.75) is 6.42 Å². The molecule has 4 N–H and O–H groups in total. The second-order valence-corrected chi connectivity index (χ2v) is 8.09. The zero-order valence-corrected chi connectivity index (χ0v) is 21.4. The number of benzene rings is 2. The Morgan fingerprint density at radius 3 is 2.24 bits per heavy atom. The van der Waals surface area contributed by atoms with Crippen molar-refractivity contribution in [3.63, 3.8) is 0 Å². The number of fused-ring (bicyclic) bond motifs is 1. The lowest BCUT2D eigenvalue weighted by Crippen LogP contribution is -2.35. The standard InChI is InChI=1S/C26H23N5O4.2ClH/c1-30-14-21(23(32)12-16-2-4-17(5-3-16)25(27)28)20-13-19(6-7-22(20)30)31(15-24(33)34)26(35)18-8-10-29-11-9-18;;/h2-11,13-14H,12,15H2,1H3,(H3,27,28)(H,33,34);2*1H. The number of Topliss-reactive ketones (excluding diaryl/α,β-unsaturated/α-hetero) is 1. The van der Waals surface area contributed by atoms with Crippen LogP contribution in [0.2, 0.25) is 0 Å². The van der Waals surface area contributed by atoms with Crippen molar-refractivity contribution in [3.8, 4) is 0 Å². The number of ketones is 1. The van der Waals surface area contributed by atoms with E-state index in [1.165, 1.54) is 29.4 Å². The highest BCUT2D eigenvalue weighted by Crippen LogP contribution is 2.28. The minimum absolute atomic E-state index is 0. The Kier molecular flexibility index (Phi) is 9.54. The van der Waals surface area contributed by atoms with E-state index in [1.807, 2.05) is 11.6 Å². The van der Waals surface area contributed by atoms with E-state index in [0.29, 0.717) is 27.8 Å². The Hall–Kier alpha value is -4.21. The number of amides is 1. The maximum Gasteiger partial charge on any atom is 0.323 e. The van der Waals surface area contributed by atoms with Gasteiger partial charge in [0.1, 0.15) is 12.4 Å². The second-order valence-electron chi connectivity index (χ2n) is 8.09. The second kappa shape index (κ2) is 12.2. The summed E-state index contributed by atoms with van der Waals surface area (Å²) >= 11 is 0. The number of carboxylic acid groups (broad SMARTS) is 1. The van der Waals surface area contributed by atoms with Crippen LogP contribution in [0.4, 0.5) is 5.69 Å². The van der Waals surface area contributed by atoms with Gasteiger partial charge in [-0.3, -0.25) is 29.7 Å². The van der Waals surface area contributed by atoms with E-state index < -0.39 is 18.4 Å². The van der Waals surface area contributed by atoms with Crippen LogP contribution in [0.25, 0.3) is 10.9 Å². The summed E-state index contributed by atoms with van der Waals surface area (Å²) in [7, 11) is 1.82. The normalized spacial score (nSPS) is 10.2. The molecule has 11 heteroatoms. The highest BCUT2D eigenvalue weighted by atomic mass is 35.5. The SMILES string of the molecule is Cl.Cl.Cn1cc(C(=O)Cc2ccc(C(=N)N)cc2)c2cc(N(CC(=O)O)C(=O)c3ccncc3)ccc21. The van der Waals surface area contributed by atoms with Gasteiger partial charge < -0.3 is 15.4 Å². The molecule has 2 heterocycles. The Morgan fingerprint density at radius 2 is 1.65 bits per heavy atom. The summed E-state index contributed by atoms with van der Waals surface area (Å²) in [5, 5.41) is 17.5. The van der Waals surface area contributed by atoms with Crippen LogP contribution in [0.15, 0.2) is 73.2 Å². The molecule has 0 saturated carbocycles. The molecule has 0 spiro atoms. The van der Waals surface area contributed by atoms with Crippen LogP contribution >= 0.6 is 24.8 Å². The summed E-state index contributed by atoms with van der Waals surface area (Å²) < 4.78 is 1.82. The van der Waals surface area contributed by atoms with Crippen LogP contribution in [0, 0.1) is 5.41 Å². The van der Waals surface area contributed by atoms with E-state index in [1.54, 1.807) is 48.7 Å². The predicted molar refractivity (Wildman–Crippen MR) is 146 cm³/mol. The Morgan fingerprint density at radius 1 is 1.00 bits per heavy atom. The molecule has 2 aromatic heterocycles. The summed E-state index contributed by atoms with van der Waals surface area (Å²) in [5.41, 5.74) is 8.75. The highest BCUT2D eigenvalue weighted by molar-refractivity contribution is 6.12. The third-order valence-corrected chi connectivity index (χ3v) is 5.68. The first-order chi connectivity index (χ1) is 16.7. The van der Waals surface area contributed by atoms with Gasteiger partial charge in [-0.2, -0.15) is 0 Å². The summed E-state index contributed by atoms with van der Waals surface area (Å²) in [5.74, 6) is -1.82. The molecule has 37 heavy (non-hydrogen) atoms. The van der Waals surface area contributed by atoms with Gasteiger partial charge in [-0.15, -0.1) is 24.8 Å². The highest BCUT2D eigenvalue weighted by Gasteiger charge is 2.22. The molecule has 9 nitrogen and oxygen atoms in total. The molecule has 0 atom stereocenters. The first kappa shape index (κ1) is 29.0. The van der Waals surface area contributed by atoms with Crippen molar-refractivity contribution >= 4 is 64.9 Å².